The zero-order valence-corrected chi connectivity index (χ0v) is 12.7. The van der Waals surface area contributed by atoms with Crippen LogP contribution in [0.1, 0.15) is 18.4 Å². The number of carbonyl (C=O) groups is 2. The summed E-state index contributed by atoms with van der Waals surface area (Å²) < 4.78 is 27.7. The summed E-state index contributed by atoms with van der Waals surface area (Å²) in [5.74, 6) is -2.26. The van der Waals surface area contributed by atoms with Gasteiger partial charge < -0.3 is 10.0 Å². The molecule has 0 aliphatic carbocycles. The van der Waals surface area contributed by atoms with E-state index < -0.39 is 24.0 Å². The Kier molecular flexibility index (Phi) is 4.61. The molecular formula is C14H14BrF2NO3. The quantitative estimate of drug-likeness (QED) is 0.896. The number of hydrogen-bond donors (Lipinski definition) is 1. The van der Waals surface area contributed by atoms with Crippen LogP contribution in [0.15, 0.2) is 22.7 Å². The summed E-state index contributed by atoms with van der Waals surface area (Å²) in [4.78, 5) is 24.0. The van der Waals surface area contributed by atoms with Gasteiger partial charge in [0, 0.05) is 23.9 Å². The third-order valence-electron chi connectivity index (χ3n) is 3.57. The molecule has 4 nitrogen and oxygen atoms in total. The van der Waals surface area contributed by atoms with Gasteiger partial charge in [-0.2, -0.15) is 0 Å². The van der Waals surface area contributed by atoms with Gasteiger partial charge in [-0.1, -0.05) is 15.9 Å². The maximum absolute atomic E-state index is 13.9. The molecule has 114 valence electrons. The molecule has 0 saturated carbocycles. The van der Waals surface area contributed by atoms with E-state index >= 15 is 0 Å². The van der Waals surface area contributed by atoms with E-state index in [9.17, 15) is 18.4 Å². The predicted octanol–water partition coefficient (Wildman–Crippen LogP) is 2.55. The lowest BCUT2D eigenvalue weighted by molar-refractivity contribution is -0.150. The molecule has 1 amide bonds. The van der Waals surface area contributed by atoms with Crippen LogP contribution in [0.5, 0.6) is 0 Å². The molecule has 1 fully saturated rings. The normalized spacial score (nSPS) is 21.6. The Morgan fingerprint density at radius 3 is 2.76 bits per heavy atom. The standard InChI is InChI=1S/C14H14BrF2NO3/c15-11-3-2-10(16)7-9(11)1-4-12(19)18-6-5-14(17,8-18)13(20)21/h2-3,7H,1,4-6,8H2,(H,20,21). The van der Waals surface area contributed by atoms with Crippen molar-refractivity contribution in [2.45, 2.75) is 24.9 Å². The molecule has 1 aromatic carbocycles. The molecule has 1 saturated heterocycles. The Morgan fingerprint density at radius 1 is 1.43 bits per heavy atom. The van der Waals surface area contributed by atoms with Crippen LogP contribution in [-0.2, 0) is 16.0 Å². The van der Waals surface area contributed by atoms with E-state index in [4.69, 9.17) is 5.11 Å². The van der Waals surface area contributed by atoms with Gasteiger partial charge in [0.1, 0.15) is 5.82 Å². The van der Waals surface area contributed by atoms with Crippen molar-refractivity contribution in [2.24, 2.45) is 0 Å². The molecule has 0 radical (unpaired) electrons. The van der Waals surface area contributed by atoms with Crippen molar-refractivity contribution >= 4 is 27.8 Å². The lowest BCUT2D eigenvalue weighted by Gasteiger charge is -2.17. The Morgan fingerprint density at radius 2 is 2.14 bits per heavy atom. The minimum Gasteiger partial charge on any atom is -0.479 e. The van der Waals surface area contributed by atoms with Gasteiger partial charge in [-0.15, -0.1) is 0 Å². The number of likely N-dealkylation sites (tertiary alicyclic amines) is 1. The smallest absolute Gasteiger partial charge is 0.343 e. The molecule has 2 rings (SSSR count). The molecule has 1 aliphatic rings. The van der Waals surface area contributed by atoms with Gasteiger partial charge in [-0.25, -0.2) is 13.6 Å². The molecule has 0 aromatic heterocycles. The molecule has 0 bridgehead atoms. The van der Waals surface area contributed by atoms with Gasteiger partial charge in [-0.3, -0.25) is 4.79 Å². The average Bonchev–Trinajstić information content (AvgIpc) is 2.84. The molecule has 1 heterocycles. The number of halogens is 3. The number of hydrogen-bond acceptors (Lipinski definition) is 2. The molecule has 1 unspecified atom stereocenters. The second-order valence-electron chi connectivity index (χ2n) is 5.07. The third-order valence-corrected chi connectivity index (χ3v) is 4.35. The summed E-state index contributed by atoms with van der Waals surface area (Å²) in [5.41, 5.74) is -1.71. The number of benzene rings is 1. The summed E-state index contributed by atoms with van der Waals surface area (Å²) in [5, 5.41) is 8.79. The number of carboxylic acids is 1. The molecule has 1 N–H and O–H groups in total. The number of amides is 1. The van der Waals surface area contributed by atoms with Crippen LogP contribution < -0.4 is 0 Å². The van der Waals surface area contributed by atoms with Gasteiger partial charge in [-0.05, 0) is 30.2 Å². The van der Waals surface area contributed by atoms with Crippen LogP contribution in [0.4, 0.5) is 8.78 Å². The number of aliphatic carboxylic acids is 1. The van der Waals surface area contributed by atoms with E-state index in [0.29, 0.717) is 16.5 Å². The van der Waals surface area contributed by atoms with Gasteiger partial charge in [0.05, 0.1) is 6.54 Å². The third kappa shape index (κ3) is 3.58. The SMILES string of the molecule is O=C(CCc1cc(F)ccc1Br)N1CCC(F)(C(=O)O)C1. The highest BCUT2D eigenvalue weighted by atomic mass is 79.9. The monoisotopic (exact) mass is 361 g/mol. The van der Waals surface area contributed by atoms with Crippen molar-refractivity contribution in [2.75, 3.05) is 13.1 Å². The zero-order chi connectivity index (χ0) is 15.6. The van der Waals surface area contributed by atoms with E-state index in [1.54, 1.807) is 6.07 Å². The van der Waals surface area contributed by atoms with Crippen molar-refractivity contribution in [3.63, 3.8) is 0 Å². The van der Waals surface area contributed by atoms with Gasteiger partial charge in [0.25, 0.3) is 0 Å². The maximum atomic E-state index is 13.9. The number of alkyl halides is 1. The summed E-state index contributed by atoms with van der Waals surface area (Å²) >= 11 is 3.27. The molecule has 7 heteroatoms. The summed E-state index contributed by atoms with van der Waals surface area (Å²) in [6, 6.07) is 4.19. The summed E-state index contributed by atoms with van der Waals surface area (Å²) in [6.45, 7) is -0.336. The molecule has 21 heavy (non-hydrogen) atoms. The second kappa shape index (κ2) is 6.09. The summed E-state index contributed by atoms with van der Waals surface area (Å²) in [7, 11) is 0. The first-order valence-corrected chi connectivity index (χ1v) is 7.25. The largest absolute Gasteiger partial charge is 0.479 e. The molecule has 1 aromatic rings. The summed E-state index contributed by atoms with van der Waals surface area (Å²) in [6.07, 6.45) is 0.190. The van der Waals surface area contributed by atoms with Gasteiger partial charge >= 0.3 is 5.97 Å². The lowest BCUT2D eigenvalue weighted by Crippen LogP contribution is -2.38. The Balaban J connectivity index is 1.94. The number of rotatable bonds is 4. The van der Waals surface area contributed by atoms with Gasteiger partial charge in [0.15, 0.2) is 0 Å². The molecule has 1 atom stereocenters. The van der Waals surface area contributed by atoms with Crippen molar-refractivity contribution in [3.05, 3.63) is 34.1 Å². The number of carboxylic acid groups (broad SMARTS) is 1. The topological polar surface area (TPSA) is 57.6 Å². The molecule has 0 spiro atoms. The fraction of sp³-hybridized carbons (Fsp3) is 0.429. The predicted molar refractivity (Wildman–Crippen MR) is 75.1 cm³/mol. The highest BCUT2D eigenvalue weighted by molar-refractivity contribution is 9.10. The fourth-order valence-corrected chi connectivity index (χ4v) is 2.74. The molecule has 1 aliphatic heterocycles. The maximum Gasteiger partial charge on any atom is 0.343 e. The minimum atomic E-state index is -2.35. The zero-order valence-electron chi connectivity index (χ0n) is 11.1. The van der Waals surface area contributed by atoms with E-state index in [-0.39, 0.29) is 25.3 Å². The van der Waals surface area contributed by atoms with E-state index in [2.05, 4.69) is 15.9 Å². The lowest BCUT2D eigenvalue weighted by atomic mass is 10.1. The Bertz CT molecular complexity index is 581. The van der Waals surface area contributed by atoms with E-state index in [0.717, 1.165) is 0 Å². The van der Waals surface area contributed by atoms with Gasteiger partial charge in [0.2, 0.25) is 11.6 Å². The Labute approximate surface area is 128 Å². The first kappa shape index (κ1) is 15.9. The second-order valence-corrected chi connectivity index (χ2v) is 5.93. The van der Waals surface area contributed by atoms with Crippen molar-refractivity contribution in [1.82, 2.24) is 4.90 Å². The first-order valence-electron chi connectivity index (χ1n) is 6.46. The van der Waals surface area contributed by atoms with Crippen LogP contribution in [0.3, 0.4) is 0 Å². The van der Waals surface area contributed by atoms with Crippen LogP contribution in [0.2, 0.25) is 0 Å². The highest BCUT2D eigenvalue weighted by Gasteiger charge is 2.46. The minimum absolute atomic E-state index is 0.0811. The number of carbonyl (C=O) groups excluding carboxylic acids is 1. The van der Waals surface area contributed by atoms with Crippen LogP contribution in [0, 0.1) is 5.82 Å². The van der Waals surface area contributed by atoms with Crippen molar-refractivity contribution in [3.8, 4) is 0 Å². The van der Waals surface area contributed by atoms with Crippen LogP contribution >= 0.6 is 15.9 Å². The fourth-order valence-electron chi connectivity index (χ4n) is 2.29. The number of aryl methyl sites for hydroxylation is 1. The van der Waals surface area contributed by atoms with Crippen LogP contribution in [0.25, 0.3) is 0 Å². The molecular weight excluding hydrogens is 348 g/mol. The van der Waals surface area contributed by atoms with E-state index in [1.807, 2.05) is 0 Å². The number of nitrogens with zero attached hydrogens (tertiary/aromatic N) is 1. The van der Waals surface area contributed by atoms with Crippen molar-refractivity contribution in [1.29, 1.82) is 0 Å². The highest BCUT2D eigenvalue weighted by Crippen LogP contribution is 2.27. The van der Waals surface area contributed by atoms with E-state index in [1.165, 1.54) is 17.0 Å². The van der Waals surface area contributed by atoms with Crippen molar-refractivity contribution < 1.29 is 23.5 Å². The van der Waals surface area contributed by atoms with Crippen LogP contribution in [-0.4, -0.2) is 40.6 Å². The average molecular weight is 362 g/mol. The Hall–Kier alpha value is -1.50. The first-order chi connectivity index (χ1) is 9.82.